The summed E-state index contributed by atoms with van der Waals surface area (Å²) in [4.78, 5) is 12.3. The van der Waals surface area contributed by atoms with Crippen LogP contribution in [0.5, 0.6) is 0 Å². The van der Waals surface area contributed by atoms with Crippen molar-refractivity contribution in [3.63, 3.8) is 0 Å². The van der Waals surface area contributed by atoms with Crippen molar-refractivity contribution in [1.82, 2.24) is 9.78 Å². The van der Waals surface area contributed by atoms with Crippen molar-refractivity contribution in [2.45, 2.75) is 25.7 Å². The molecule has 0 atom stereocenters. The Balaban J connectivity index is 1.91. The molecule has 0 spiro atoms. The van der Waals surface area contributed by atoms with Crippen LogP contribution in [-0.2, 0) is 12.8 Å². The molecule has 5 nitrogen and oxygen atoms in total. The third kappa shape index (κ3) is 2.54. The highest BCUT2D eigenvalue weighted by Crippen LogP contribution is 2.25. The van der Waals surface area contributed by atoms with Gasteiger partial charge in [0.25, 0.3) is 5.91 Å². The van der Waals surface area contributed by atoms with Gasteiger partial charge in [0.05, 0.1) is 5.69 Å². The normalized spacial score (nSPS) is 14.8. The van der Waals surface area contributed by atoms with Crippen LogP contribution < -0.4 is 11.5 Å². The molecule has 0 bridgehead atoms. The van der Waals surface area contributed by atoms with Crippen LogP contribution in [0.4, 0.5) is 5.82 Å². The molecule has 0 unspecified atom stereocenters. The van der Waals surface area contributed by atoms with Gasteiger partial charge in [-0.3, -0.25) is 4.79 Å². The van der Waals surface area contributed by atoms with Gasteiger partial charge in [-0.1, -0.05) is 30.3 Å². The molecule has 2 aromatic rings. The van der Waals surface area contributed by atoms with E-state index >= 15 is 0 Å². The van der Waals surface area contributed by atoms with Crippen LogP contribution in [0.25, 0.3) is 5.70 Å². The van der Waals surface area contributed by atoms with Crippen LogP contribution in [0.15, 0.2) is 36.4 Å². The van der Waals surface area contributed by atoms with Crippen LogP contribution in [0.1, 0.15) is 34.5 Å². The smallest absolute Gasteiger partial charge is 0.274 e. The summed E-state index contributed by atoms with van der Waals surface area (Å²) >= 11 is 0. The zero-order valence-electron chi connectivity index (χ0n) is 11.7. The third-order valence-corrected chi connectivity index (χ3v) is 3.79. The summed E-state index contributed by atoms with van der Waals surface area (Å²) < 4.78 is 1.27. The molecule has 0 saturated carbocycles. The summed E-state index contributed by atoms with van der Waals surface area (Å²) in [6.45, 7) is 0. The molecule has 3 rings (SSSR count). The molecular weight excluding hydrogens is 264 g/mol. The van der Waals surface area contributed by atoms with Crippen molar-refractivity contribution >= 4 is 17.4 Å². The van der Waals surface area contributed by atoms with E-state index in [1.165, 1.54) is 10.8 Å². The van der Waals surface area contributed by atoms with Crippen molar-refractivity contribution < 1.29 is 4.79 Å². The van der Waals surface area contributed by atoms with Gasteiger partial charge in [0.1, 0.15) is 5.82 Å². The molecule has 4 N–H and O–H groups in total. The van der Waals surface area contributed by atoms with E-state index in [1.807, 2.05) is 30.3 Å². The lowest BCUT2D eigenvalue weighted by Gasteiger charge is -2.08. The number of nitrogens with two attached hydrogens (primary N) is 2. The molecule has 1 aliphatic rings. The first kappa shape index (κ1) is 13.4. The number of rotatable bonds is 2. The lowest BCUT2D eigenvalue weighted by Crippen LogP contribution is -2.14. The Labute approximate surface area is 123 Å². The molecule has 0 aliphatic heterocycles. The standard InChI is InChI=1S/C16H18N4O/c17-13(11-6-2-1-3-7-11)10-15(21)20-16(18)12-8-4-5-9-14(12)19-20/h1-3,6-7,10H,4-5,8-9,17-18H2. The van der Waals surface area contributed by atoms with E-state index < -0.39 is 0 Å². The average Bonchev–Trinajstić information content (AvgIpc) is 2.86. The van der Waals surface area contributed by atoms with Crippen molar-refractivity contribution in [2.24, 2.45) is 5.73 Å². The Morgan fingerprint density at radius 2 is 1.90 bits per heavy atom. The molecular formula is C16H18N4O. The Hall–Kier alpha value is -2.56. The predicted octanol–water partition coefficient (Wildman–Crippen LogP) is 1.98. The number of hydrogen-bond acceptors (Lipinski definition) is 4. The molecule has 108 valence electrons. The van der Waals surface area contributed by atoms with Gasteiger partial charge in [0.2, 0.25) is 0 Å². The number of benzene rings is 1. The first-order valence-electron chi connectivity index (χ1n) is 7.10. The molecule has 21 heavy (non-hydrogen) atoms. The average molecular weight is 282 g/mol. The van der Waals surface area contributed by atoms with Gasteiger partial charge in [-0.15, -0.1) is 0 Å². The van der Waals surface area contributed by atoms with E-state index in [0.717, 1.165) is 42.5 Å². The minimum Gasteiger partial charge on any atom is -0.398 e. The van der Waals surface area contributed by atoms with Gasteiger partial charge in [-0.2, -0.15) is 9.78 Å². The second-order valence-electron chi connectivity index (χ2n) is 5.23. The zero-order chi connectivity index (χ0) is 14.8. The quantitative estimate of drug-likeness (QED) is 0.825. The molecule has 0 fully saturated rings. The van der Waals surface area contributed by atoms with E-state index in [9.17, 15) is 4.79 Å². The van der Waals surface area contributed by atoms with E-state index in [1.54, 1.807) is 0 Å². The topological polar surface area (TPSA) is 86.9 Å². The van der Waals surface area contributed by atoms with Crippen LogP contribution in [0.2, 0.25) is 0 Å². The first-order chi connectivity index (χ1) is 10.2. The van der Waals surface area contributed by atoms with Gasteiger partial charge < -0.3 is 11.5 Å². The number of allylic oxidation sites excluding steroid dienone is 1. The number of carbonyl (C=O) groups excluding carboxylic acids is 1. The Morgan fingerprint density at radius 3 is 2.62 bits per heavy atom. The largest absolute Gasteiger partial charge is 0.398 e. The minimum atomic E-state index is -0.303. The number of aryl methyl sites for hydroxylation is 1. The van der Waals surface area contributed by atoms with Gasteiger partial charge in [0.15, 0.2) is 0 Å². The number of carbonyl (C=O) groups is 1. The van der Waals surface area contributed by atoms with Crippen molar-refractivity contribution in [3.05, 3.63) is 53.2 Å². The van der Waals surface area contributed by atoms with E-state index in [4.69, 9.17) is 11.5 Å². The molecule has 0 saturated heterocycles. The number of nitrogen functional groups attached to an aromatic ring is 1. The number of nitrogens with zero attached hydrogens (tertiary/aromatic N) is 2. The van der Waals surface area contributed by atoms with Crippen LogP contribution in [0, 0.1) is 0 Å². The molecule has 1 aromatic heterocycles. The van der Waals surface area contributed by atoms with Crippen molar-refractivity contribution in [3.8, 4) is 0 Å². The summed E-state index contributed by atoms with van der Waals surface area (Å²) in [6.07, 6.45) is 5.35. The van der Waals surface area contributed by atoms with Gasteiger partial charge in [0, 0.05) is 17.3 Å². The SMILES string of the molecule is NC(=CC(=O)n1nc2c(c1N)CCCC2)c1ccccc1. The molecule has 5 heteroatoms. The molecule has 1 aromatic carbocycles. The number of anilines is 1. The summed E-state index contributed by atoms with van der Waals surface area (Å²) in [5.41, 5.74) is 15.2. The van der Waals surface area contributed by atoms with E-state index in [-0.39, 0.29) is 5.91 Å². The maximum atomic E-state index is 12.3. The summed E-state index contributed by atoms with van der Waals surface area (Å²) in [6, 6.07) is 9.37. The van der Waals surface area contributed by atoms with Crippen LogP contribution >= 0.6 is 0 Å². The lowest BCUT2D eigenvalue weighted by atomic mass is 9.98. The molecule has 1 heterocycles. The van der Waals surface area contributed by atoms with Gasteiger partial charge >= 0.3 is 0 Å². The number of aromatic nitrogens is 2. The highest BCUT2D eigenvalue weighted by atomic mass is 16.2. The fourth-order valence-electron chi connectivity index (χ4n) is 2.65. The maximum Gasteiger partial charge on any atom is 0.274 e. The van der Waals surface area contributed by atoms with Gasteiger partial charge in [-0.25, -0.2) is 0 Å². The minimum absolute atomic E-state index is 0.303. The lowest BCUT2D eigenvalue weighted by molar-refractivity contribution is 0.0957. The fourth-order valence-corrected chi connectivity index (χ4v) is 2.65. The van der Waals surface area contributed by atoms with E-state index in [0.29, 0.717) is 11.5 Å². The Bertz CT molecular complexity index is 701. The molecule has 0 amide bonds. The monoisotopic (exact) mass is 282 g/mol. The predicted molar refractivity (Wildman–Crippen MR) is 82.5 cm³/mol. The highest BCUT2D eigenvalue weighted by Gasteiger charge is 2.21. The Morgan fingerprint density at radius 1 is 1.19 bits per heavy atom. The first-order valence-corrected chi connectivity index (χ1v) is 7.10. The fraction of sp³-hybridized carbons (Fsp3) is 0.250. The second-order valence-corrected chi connectivity index (χ2v) is 5.23. The molecule has 1 aliphatic carbocycles. The second kappa shape index (κ2) is 5.44. The maximum absolute atomic E-state index is 12.3. The summed E-state index contributed by atoms with van der Waals surface area (Å²) in [7, 11) is 0. The number of fused-ring (bicyclic) bond motifs is 1. The van der Waals surface area contributed by atoms with Gasteiger partial charge in [-0.05, 0) is 31.2 Å². The van der Waals surface area contributed by atoms with Crippen molar-refractivity contribution in [1.29, 1.82) is 0 Å². The van der Waals surface area contributed by atoms with E-state index in [2.05, 4.69) is 5.10 Å². The van der Waals surface area contributed by atoms with Crippen LogP contribution in [0.3, 0.4) is 0 Å². The number of hydrogen-bond donors (Lipinski definition) is 2. The van der Waals surface area contributed by atoms with Crippen LogP contribution in [-0.4, -0.2) is 15.7 Å². The highest BCUT2D eigenvalue weighted by molar-refractivity contribution is 5.97. The Kier molecular flexibility index (Phi) is 3.48. The van der Waals surface area contributed by atoms with Crippen molar-refractivity contribution in [2.75, 3.05) is 5.73 Å². The summed E-state index contributed by atoms with van der Waals surface area (Å²) in [5.74, 6) is 0.148. The third-order valence-electron chi connectivity index (χ3n) is 3.79. The molecule has 0 radical (unpaired) electrons. The summed E-state index contributed by atoms with van der Waals surface area (Å²) in [5, 5.41) is 4.34. The zero-order valence-corrected chi connectivity index (χ0v) is 11.7.